The van der Waals surface area contributed by atoms with Crippen LogP contribution in [0.25, 0.3) is 17.0 Å². The Morgan fingerprint density at radius 3 is 2.88 bits per heavy atom. The molecule has 0 unspecified atom stereocenters. The molecular formula is C18H18FN5O2. The summed E-state index contributed by atoms with van der Waals surface area (Å²) >= 11 is 0. The summed E-state index contributed by atoms with van der Waals surface area (Å²) in [5, 5.41) is 12.8. The number of rotatable bonds is 3. The highest BCUT2D eigenvalue weighted by molar-refractivity contribution is 5.73. The van der Waals surface area contributed by atoms with Crippen molar-refractivity contribution in [1.29, 1.82) is 0 Å². The molecule has 1 aliphatic rings. The molecule has 0 spiro atoms. The Balaban J connectivity index is 1.70. The first-order valence-electron chi connectivity index (χ1n) is 8.47. The van der Waals surface area contributed by atoms with Crippen LogP contribution in [0.1, 0.15) is 12.8 Å². The maximum absolute atomic E-state index is 14.1. The van der Waals surface area contributed by atoms with E-state index in [2.05, 4.69) is 15.3 Å². The van der Waals surface area contributed by atoms with Crippen LogP contribution in [-0.4, -0.2) is 46.0 Å². The molecule has 1 atom stereocenters. The molecule has 7 nitrogen and oxygen atoms in total. The molecule has 0 amide bonds. The van der Waals surface area contributed by atoms with Gasteiger partial charge in [0.15, 0.2) is 11.5 Å². The Labute approximate surface area is 149 Å². The summed E-state index contributed by atoms with van der Waals surface area (Å²) < 4.78 is 20.6. The molecule has 26 heavy (non-hydrogen) atoms. The first-order chi connectivity index (χ1) is 12.7. The molecule has 3 heterocycles. The molecule has 134 valence electrons. The molecule has 1 saturated heterocycles. The summed E-state index contributed by atoms with van der Waals surface area (Å²) in [4.78, 5) is 13.9. The smallest absolute Gasteiger partial charge is 0.310 e. The Morgan fingerprint density at radius 2 is 2.08 bits per heavy atom. The van der Waals surface area contributed by atoms with Crippen LogP contribution in [0.4, 0.5) is 10.2 Å². The zero-order chi connectivity index (χ0) is 18.1. The van der Waals surface area contributed by atoms with Crippen molar-refractivity contribution in [2.75, 3.05) is 25.1 Å². The number of halogens is 1. The molecule has 1 fully saturated rings. The molecule has 0 radical (unpaired) electrons. The normalized spacial score (nSPS) is 17.5. The van der Waals surface area contributed by atoms with Gasteiger partial charge in [-0.3, -0.25) is 4.79 Å². The van der Waals surface area contributed by atoms with Crippen LogP contribution in [0.5, 0.6) is 0 Å². The van der Waals surface area contributed by atoms with E-state index in [0.29, 0.717) is 29.4 Å². The lowest BCUT2D eigenvalue weighted by atomic mass is 9.98. The van der Waals surface area contributed by atoms with Crippen molar-refractivity contribution >= 4 is 17.4 Å². The summed E-state index contributed by atoms with van der Waals surface area (Å²) in [5.74, 6) is 0.299. The third kappa shape index (κ3) is 2.87. The minimum Gasteiger partial charge on any atom is -0.469 e. The predicted octanol–water partition coefficient (Wildman–Crippen LogP) is 2.32. The van der Waals surface area contributed by atoms with E-state index in [-0.39, 0.29) is 17.7 Å². The topological polar surface area (TPSA) is 72.6 Å². The average molecular weight is 355 g/mol. The molecule has 0 aliphatic carbocycles. The number of carbonyl (C=O) groups is 1. The van der Waals surface area contributed by atoms with Gasteiger partial charge in [-0.05, 0) is 37.1 Å². The summed E-state index contributed by atoms with van der Waals surface area (Å²) in [6, 6.07) is 10.0. The average Bonchev–Trinajstić information content (AvgIpc) is 3.11. The molecule has 0 N–H and O–H groups in total. The molecule has 3 aromatic rings. The Kier molecular flexibility index (Phi) is 4.24. The van der Waals surface area contributed by atoms with Crippen molar-refractivity contribution in [3.05, 3.63) is 42.2 Å². The number of methoxy groups -OCH3 is 1. The Bertz CT molecular complexity index is 958. The monoisotopic (exact) mass is 355 g/mol. The van der Waals surface area contributed by atoms with Crippen molar-refractivity contribution in [3.63, 3.8) is 0 Å². The number of hydrogen-bond donors (Lipinski definition) is 0. The van der Waals surface area contributed by atoms with Crippen molar-refractivity contribution in [2.24, 2.45) is 5.92 Å². The number of piperidine rings is 1. The van der Waals surface area contributed by atoms with Gasteiger partial charge in [0, 0.05) is 13.1 Å². The number of hydrogen-bond acceptors (Lipinski definition) is 6. The number of ether oxygens (including phenoxy) is 1. The van der Waals surface area contributed by atoms with E-state index in [1.165, 1.54) is 17.7 Å². The quantitative estimate of drug-likeness (QED) is 0.672. The fourth-order valence-corrected chi connectivity index (χ4v) is 3.30. The van der Waals surface area contributed by atoms with Crippen molar-refractivity contribution < 1.29 is 13.9 Å². The van der Waals surface area contributed by atoms with E-state index >= 15 is 0 Å². The van der Waals surface area contributed by atoms with E-state index in [1.807, 2.05) is 11.0 Å². The lowest BCUT2D eigenvalue weighted by Gasteiger charge is -2.32. The van der Waals surface area contributed by atoms with E-state index in [0.717, 1.165) is 19.4 Å². The summed E-state index contributed by atoms with van der Waals surface area (Å²) in [7, 11) is 1.41. The maximum Gasteiger partial charge on any atom is 0.310 e. The second-order valence-electron chi connectivity index (χ2n) is 6.27. The van der Waals surface area contributed by atoms with Crippen LogP contribution < -0.4 is 4.90 Å². The third-order valence-electron chi connectivity index (χ3n) is 4.64. The first kappa shape index (κ1) is 16.4. The van der Waals surface area contributed by atoms with Crippen LogP contribution in [0, 0.1) is 11.7 Å². The van der Waals surface area contributed by atoms with Gasteiger partial charge in [-0.25, -0.2) is 4.39 Å². The van der Waals surface area contributed by atoms with Gasteiger partial charge in [-0.15, -0.1) is 15.3 Å². The van der Waals surface area contributed by atoms with Crippen LogP contribution in [-0.2, 0) is 9.53 Å². The maximum atomic E-state index is 14.1. The zero-order valence-electron chi connectivity index (χ0n) is 14.3. The fourth-order valence-electron chi connectivity index (χ4n) is 3.30. The van der Waals surface area contributed by atoms with E-state index in [9.17, 15) is 9.18 Å². The van der Waals surface area contributed by atoms with Crippen molar-refractivity contribution in [3.8, 4) is 11.4 Å². The third-order valence-corrected chi connectivity index (χ3v) is 4.64. The Morgan fingerprint density at radius 1 is 1.23 bits per heavy atom. The molecule has 0 saturated carbocycles. The van der Waals surface area contributed by atoms with Crippen LogP contribution >= 0.6 is 0 Å². The number of fused-ring (bicyclic) bond motifs is 1. The highest BCUT2D eigenvalue weighted by atomic mass is 19.1. The number of esters is 1. The minimum atomic E-state index is -0.377. The number of nitrogens with zero attached hydrogens (tertiary/aromatic N) is 5. The van der Waals surface area contributed by atoms with E-state index in [1.54, 1.807) is 24.3 Å². The van der Waals surface area contributed by atoms with Crippen molar-refractivity contribution in [2.45, 2.75) is 12.8 Å². The molecule has 8 heteroatoms. The zero-order valence-corrected chi connectivity index (χ0v) is 14.3. The highest BCUT2D eigenvalue weighted by Crippen LogP contribution is 2.25. The lowest BCUT2D eigenvalue weighted by Crippen LogP contribution is -2.39. The number of carbonyl (C=O) groups excluding carboxylic acids is 1. The summed E-state index contributed by atoms with van der Waals surface area (Å²) in [6.45, 7) is 1.34. The van der Waals surface area contributed by atoms with Crippen LogP contribution in [0.3, 0.4) is 0 Å². The SMILES string of the molecule is COC(=O)[C@H]1CCCN(c2ccc3nnc(-c4ccccc4F)n3n2)C1. The van der Waals surface area contributed by atoms with Gasteiger partial charge in [-0.1, -0.05) is 12.1 Å². The standard InChI is InChI=1S/C18H18FN5O2/c1-26-18(25)12-5-4-10-23(11-12)16-9-8-15-20-21-17(24(15)22-16)13-6-2-3-7-14(13)19/h2-3,6-9,12H,4-5,10-11H2,1H3/t12-/m0/s1. The lowest BCUT2D eigenvalue weighted by molar-refractivity contribution is -0.145. The summed E-state index contributed by atoms with van der Waals surface area (Å²) in [5.41, 5.74) is 0.879. The summed E-state index contributed by atoms with van der Waals surface area (Å²) in [6.07, 6.45) is 1.68. The number of benzene rings is 1. The van der Waals surface area contributed by atoms with Gasteiger partial charge in [0.05, 0.1) is 18.6 Å². The van der Waals surface area contributed by atoms with E-state index < -0.39 is 0 Å². The second-order valence-corrected chi connectivity index (χ2v) is 6.27. The van der Waals surface area contributed by atoms with Gasteiger partial charge < -0.3 is 9.64 Å². The predicted molar refractivity (Wildman–Crippen MR) is 93.1 cm³/mol. The minimum absolute atomic E-state index is 0.168. The second kappa shape index (κ2) is 6.70. The van der Waals surface area contributed by atoms with Crippen molar-refractivity contribution in [1.82, 2.24) is 19.8 Å². The highest BCUT2D eigenvalue weighted by Gasteiger charge is 2.27. The molecule has 1 aromatic carbocycles. The van der Waals surface area contributed by atoms with Crippen LogP contribution in [0.15, 0.2) is 36.4 Å². The molecule has 0 bridgehead atoms. The van der Waals surface area contributed by atoms with Gasteiger partial charge in [0.25, 0.3) is 0 Å². The number of aromatic nitrogens is 4. The Hall–Kier alpha value is -3.03. The molecular weight excluding hydrogens is 337 g/mol. The number of anilines is 1. The molecule has 4 rings (SSSR count). The molecule has 1 aliphatic heterocycles. The first-order valence-corrected chi connectivity index (χ1v) is 8.47. The van der Waals surface area contributed by atoms with Gasteiger partial charge in [-0.2, -0.15) is 4.52 Å². The van der Waals surface area contributed by atoms with E-state index in [4.69, 9.17) is 4.74 Å². The molecule has 2 aromatic heterocycles. The van der Waals surface area contributed by atoms with Gasteiger partial charge in [0.1, 0.15) is 11.6 Å². The fraction of sp³-hybridized carbons (Fsp3) is 0.333. The van der Waals surface area contributed by atoms with Gasteiger partial charge >= 0.3 is 5.97 Å². The van der Waals surface area contributed by atoms with Gasteiger partial charge in [0.2, 0.25) is 0 Å². The van der Waals surface area contributed by atoms with Crippen LogP contribution in [0.2, 0.25) is 0 Å². The largest absolute Gasteiger partial charge is 0.469 e.